The lowest BCUT2D eigenvalue weighted by molar-refractivity contribution is 0.411. The van der Waals surface area contributed by atoms with Crippen LogP contribution in [0.1, 0.15) is 22.7 Å². The van der Waals surface area contributed by atoms with Gasteiger partial charge in [-0.3, -0.25) is 16.3 Å². The number of nitrogens with zero attached hydrogens (tertiary/aromatic N) is 1. The van der Waals surface area contributed by atoms with Crippen LogP contribution in [0.25, 0.3) is 0 Å². The summed E-state index contributed by atoms with van der Waals surface area (Å²) in [6.45, 7) is 2.03. The summed E-state index contributed by atoms with van der Waals surface area (Å²) in [5.74, 6) is 6.56. The maximum Gasteiger partial charge on any atom is 0.121 e. The van der Waals surface area contributed by atoms with Gasteiger partial charge in [-0.2, -0.15) is 0 Å². The first-order chi connectivity index (χ1) is 9.24. The van der Waals surface area contributed by atoms with E-state index in [9.17, 15) is 0 Å². The van der Waals surface area contributed by atoms with Crippen molar-refractivity contribution in [1.82, 2.24) is 10.4 Å². The minimum Gasteiger partial charge on any atom is -0.496 e. The molecule has 0 aliphatic carbocycles. The van der Waals surface area contributed by atoms with Crippen LogP contribution >= 0.6 is 0 Å². The van der Waals surface area contributed by atoms with E-state index in [1.807, 2.05) is 37.4 Å². The smallest absolute Gasteiger partial charge is 0.121 e. The van der Waals surface area contributed by atoms with Crippen molar-refractivity contribution in [1.29, 1.82) is 0 Å². The summed E-state index contributed by atoms with van der Waals surface area (Å²) < 4.78 is 5.27. The Kier molecular flexibility index (Phi) is 4.49. The van der Waals surface area contributed by atoms with Crippen LogP contribution in [-0.4, -0.2) is 12.1 Å². The minimum absolute atomic E-state index is 0.0637. The zero-order chi connectivity index (χ0) is 13.7. The molecular formula is C15H19N3O. The molecule has 1 heterocycles. The summed E-state index contributed by atoms with van der Waals surface area (Å²) in [5.41, 5.74) is 6.26. The lowest BCUT2D eigenvalue weighted by Gasteiger charge is -2.17. The van der Waals surface area contributed by atoms with Gasteiger partial charge in [-0.25, -0.2) is 0 Å². The molecule has 3 N–H and O–H groups in total. The molecule has 0 aliphatic heterocycles. The number of benzene rings is 1. The molecule has 0 saturated carbocycles. The van der Waals surface area contributed by atoms with Crippen LogP contribution in [0.5, 0.6) is 5.75 Å². The normalized spacial score (nSPS) is 12.2. The van der Waals surface area contributed by atoms with Crippen molar-refractivity contribution in [3.05, 3.63) is 59.4 Å². The van der Waals surface area contributed by atoms with E-state index in [1.165, 1.54) is 0 Å². The average molecular weight is 257 g/mol. The van der Waals surface area contributed by atoms with Crippen LogP contribution < -0.4 is 16.0 Å². The lowest BCUT2D eigenvalue weighted by Crippen LogP contribution is -2.29. The Morgan fingerprint density at radius 3 is 2.79 bits per heavy atom. The number of hydrazine groups is 1. The van der Waals surface area contributed by atoms with Crippen molar-refractivity contribution >= 4 is 0 Å². The summed E-state index contributed by atoms with van der Waals surface area (Å²) in [6, 6.07) is 10.1. The number of rotatable bonds is 5. The third-order valence-electron chi connectivity index (χ3n) is 3.19. The van der Waals surface area contributed by atoms with Gasteiger partial charge >= 0.3 is 0 Å². The quantitative estimate of drug-likeness (QED) is 0.636. The maximum absolute atomic E-state index is 5.67. The maximum atomic E-state index is 5.67. The summed E-state index contributed by atoms with van der Waals surface area (Å²) in [5, 5.41) is 0. The van der Waals surface area contributed by atoms with E-state index in [0.717, 1.165) is 28.9 Å². The van der Waals surface area contributed by atoms with Crippen molar-refractivity contribution in [2.75, 3.05) is 7.11 Å². The number of aryl methyl sites for hydroxylation is 1. The highest BCUT2D eigenvalue weighted by atomic mass is 16.5. The number of hydrogen-bond donors (Lipinski definition) is 2. The van der Waals surface area contributed by atoms with Crippen LogP contribution in [-0.2, 0) is 6.42 Å². The Bertz CT molecular complexity index is 528. The zero-order valence-corrected chi connectivity index (χ0v) is 11.3. The fraction of sp³-hybridized carbons (Fsp3) is 0.267. The van der Waals surface area contributed by atoms with E-state index in [1.54, 1.807) is 13.3 Å². The fourth-order valence-corrected chi connectivity index (χ4v) is 2.15. The third kappa shape index (κ3) is 3.30. The summed E-state index contributed by atoms with van der Waals surface area (Å²) in [7, 11) is 1.68. The highest BCUT2D eigenvalue weighted by Crippen LogP contribution is 2.24. The summed E-state index contributed by atoms with van der Waals surface area (Å²) >= 11 is 0. The van der Waals surface area contributed by atoms with Gasteiger partial charge in [0, 0.05) is 12.4 Å². The standard InChI is InChI=1S/C15H19N3O/c1-11-8-13(5-6-15(11)19-2)14(18-16)9-12-4-3-7-17-10-12/h3-8,10,14,18H,9,16H2,1-2H3. The number of ether oxygens (including phenoxy) is 1. The first kappa shape index (κ1) is 13.5. The van der Waals surface area contributed by atoms with Gasteiger partial charge in [0.05, 0.1) is 13.2 Å². The van der Waals surface area contributed by atoms with Crippen LogP contribution in [0.4, 0.5) is 0 Å². The summed E-state index contributed by atoms with van der Waals surface area (Å²) in [4.78, 5) is 4.12. The molecule has 0 radical (unpaired) electrons. The molecule has 100 valence electrons. The number of methoxy groups -OCH3 is 1. The van der Waals surface area contributed by atoms with Crippen molar-refractivity contribution in [2.45, 2.75) is 19.4 Å². The number of nitrogens with one attached hydrogen (secondary N) is 1. The fourth-order valence-electron chi connectivity index (χ4n) is 2.15. The van der Waals surface area contributed by atoms with E-state index in [0.29, 0.717) is 0 Å². The molecule has 4 heteroatoms. The highest BCUT2D eigenvalue weighted by molar-refractivity contribution is 5.37. The highest BCUT2D eigenvalue weighted by Gasteiger charge is 2.12. The Morgan fingerprint density at radius 1 is 1.37 bits per heavy atom. The summed E-state index contributed by atoms with van der Waals surface area (Å²) in [6.07, 6.45) is 4.43. The van der Waals surface area contributed by atoms with Crippen molar-refractivity contribution in [3.63, 3.8) is 0 Å². The predicted molar refractivity (Wildman–Crippen MR) is 75.7 cm³/mol. The molecule has 2 aromatic rings. The van der Waals surface area contributed by atoms with Crippen LogP contribution in [0.3, 0.4) is 0 Å². The van der Waals surface area contributed by atoms with E-state index in [4.69, 9.17) is 10.6 Å². The van der Waals surface area contributed by atoms with Gasteiger partial charge in [-0.15, -0.1) is 0 Å². The molecular weight excluding hydrogens is 238 g/mol. The van der Waals surface area contributed by atoms with Gasteiger partial charge in [0.15, 0.2) is 0 Å². The van der Waals surface area contributed by atoms with Crippen LogP contribution in [0.15, 0.2) is 42.7 Å². The molecule has 0 amide bonds. The number of nitrogens with two attached hydrogens (primary N) is 1. The number of hydrogen-bond acceptors (Lipinski definition) is 4. The van der Waals surface area contributed by atoms with Gasteiger partial charge < -0.3 is 4.74 Å². The molecule has 19 heavy (non-hydrogen) atoms. The van der Waals surface area contributed by atoms with Gasteiger partial charge in [0.2, 0.25) is 0 Å². The SMILES string of the molecule is COc1ccc(C(Cc2cccnc2)NN)cc1C. The average Bonchev–Trinajstić information content (AvgIpc) is 2.46. The molecule has 1 aromatic heterocycles. The Balaban J connectivity index is 2.20. The van der Waals surface area contributed by atoms with E-state index in [-0.39, 0.29) is 6.04 Å². The topological polar surface area (TPSA) is 60.2 Å². The van der Waals surface area contributed by atoms with Crippen molar-refractivity contribution in [2.24, 2.45) is 5.84 Å². The van der Waals surface area contributed by atoms with E-state index < -0.39 is 0 Å². The largest absolute Gasteiger partial charge is 0.496 e. The van der Waals surface area contributed by atoms with Crippen LogP contribution in [0, 0.1) is 6.92 Å². The molecule has 0 bridgehead atoms. The molecule has 0 saturated heterocycles. The molecule has 1 unspecified atom stereocenters. The molecule has 0 fully saturated rings. The van der Waals surface area contributed by atoms with Gasteiger partial charge in [-0.1, -0.05) is 18.2 Å². The lowest BCUT2D eigenvalue weighted by atomic mass is 9.98. The van der Waals surface area contributed by atoms with Gasteiger partial charge in [-0.05, 0) is 42.2 Å². The van der Waals surface area contributed by atoms with E-state index >= 15 is 0 Å². The van der Waals surface area contributed by atoms with Crippen molar-refractivity contribution < 1.29 is 4.74 Å². The number of aromatic nitrogens is 1. The van der Waals surface area contributed by atoms with Gasteiger partial charge in [0.1, 0.15) is 5.75 Å². The van der Waals surface area contributed by atoms with Crippen molar-refractivity contribution in [3.8, 4) is 5.75 Å². The second-order valence-corrected chi connectivity index (χ2v) is 4.51. The second-order valence-electron chi connectivity index (χ2n) is 4.51. The van der Waals surface area contributed by atoms with E-state index in [2.05, 4.69) is 16.5 Å². The first-order valence-corrected chi connectivity index (χ1v) is 6.24. The number of pyridine rings is 1. The molecule has 1 atom stereocenters. The molecule has 2 rings (SSSR count). The third-order valence-corrected chi connectivity index (χ3v) is 3.19. The molecule has 1 aromatic carbocycles. The minimum atomic E-state index is 0.0637. The Morgan fingerprint density at radius 2 is 2.21 bits per heavy atom. The zero-order valence-electron chi connectivity index (χ0n) is 11.3. The Hall–Kier alpha value is -1.91. The van der Waals surface area contributed by atoms with Crippen LogP contribution in [0.2, 0.25) is 0 Å². The second kappa shape index (κ2) is 6.31. The molecule has 0 spiro atoms. The monoisotopic (exact) mass is 257 g/mol. The Labute approximate surface area is 113 Å². The molecule has 4 nitrogen and oxygen atoms in total. The van der Waals surface area contributed by atoms with Gasteiger partial charge in [0.25, 0.3) is 0 Å². The predicted octanol–water partition coefficient (Wildman–Crippen LogP) is 2.15. The first-order valence-electron chi connectivity index (χ1n) is 6.24. The molecule has 0 aliphatic rings.